The van der Waals surface area contributed by atoms with Gasteiger partial charge in [0.1, 0.15) is 41.7 Å². The van der Waals surface area contributed by atoms with Crippen molar-refractivity contribution >= 4 is 23.3 Å². The zero-order valence-corrected chi connectivity index (χ0v) is 16.6. The number of nitrogens with two attached hydrogens (primary N) is 2. The molecule has 6 N–H and O–H groups in total. The van der Waals surface area contributed by atoms with Crippen molar-refractivity contribution < 1.29 is 22.6 Å². The van der Waals surface area contributed by atoms with Crippen LogP contribution < -0.4 is 26.8 Å². The van der Waals surface area contributed by atoms with E-state index in [9.17, 15) is 18.4 Å². The summed E-state index contributed by atoms with van der Waals surface area (Å²) >= 11 is 0. The number of nitrogens with one attached hydrogen (secondary N) is 2. The van der Waals surface area contributed by atoms with Crippen LogP contribution in [0.15, 0.2) is 23.2 Å². The van der Waals surface area contributed by atoms with E-state index >= 15 is 0 Å². The molecule has 1 aromatic heterocycles. The van der Waals surface area contributed by atoms with E-state index in [1.165, 1.54) is 7.11 Å². The summed E-state index contributed by atoms with van der Waals surface area (Å²) in [4.78, 5) is 8.55. The Labute approximate surface area is 180 Å². The molecule has 0 saturated carbocycles. The van der Waals surface area contributed by atoms with Gasteiger partial charge in [0.15, 0.2) is 6.19 Å². The fraction of sp³-hybridized carbons (Fsp3) is 0.263. The minimum absolute atomic E-state index is 0.0373. The summed E-state index contributed by atoms with van der Waals surface area (Å²) < 4.78 is 47.4. The number of hydrogen-bond acceptors (Lipinski definition) is 10. The zero-order chi connectivity index (χ0) is 23.5. The Morgan fingerprint density at radius 1 is 1.28 bits per heavy atom. The smallest absolute Gasteiger partial charge is 0.411 e. The number of aromatic nitrogens is 1. The predicted molar refractivity (Wildman–Crippen MR) is 108 cm³/mol. The Balaban J connectivity index is 2.09. The maximum absolute atomic E-state index is 12.5. The molecule has 166 valence electrons. The van der Waals surface area contributed by atoms with Crippen molar-refractivity contribution in [2.75, 3.05) is 30.5 Å². The van der Waals surface area contributed by atoms with Crippen molar-refractivity contribution in [3.63, 3.8) is 0 Å². The Bertz CT molecular complexity index is 1150. The molecule has 1 aromatic carbocycles. The number of aliphatic imine (C=N–C) groups is 1. The maximum atomic E-state index is 12.5. The van der Waals surface area contributed by atoms with Crippen molar-refractivity contribution in [1.82, 2.24) is 10.3 Å². The van der Waals surface area contributed by atoms with Crippen molar-refractivity contribution in [3.8, 4) is 18.0 Å². The summed E-state index contributed by atoms with van der Waals surface area (Å²) in [5, 5.41) is 23.5. The molecule has 1 aliphatic heterocycles. The molecule has 0 spiro atoms. The Morgan fingerprint density at radius 2 is 2.03 bits per heavy atom. The first-order chi connectivity index (χ1) is 15.2. The normalized spacial score (nSPS) is 14.9. The molecule has 1 atom stereocenters. The third-order valence-corrected chi connectivity index (χ3v) is 4.50. The number of halogens is 3. The number of fused-ring (bicyclic) bond motifs is 1. The van der Waals surface area contributed by atoms with Crippen LogP contribution in [-0.2, 0) is 11.3 Å². The maximum Gasteiger partial charge on any atom is 0.411 e. The summed E-state index contributed by atoms with van der Waals surface area (Å²) in [7, 11) is 1.37. The Morgan fingerprint density at radius 3 is 2.66 bits per heavy atom. The largest absolute Gasteiger partial charge is 0.496 e. The number of methoxy groups -OCH3 is 1. The molecule has 2 aromatic rings. The summed E-state index contributed by atoms with van der Waals surface area (Å²) in [5.41, 5.74) is 13.1. The molecule has 2 heterocycles. The van der Waals surface area contributed by atoms with Gasteiger partial charge in [0.25, 0.3) is 0 Å². The summed E-state index contributed by atoms with van der Waals surface area (Å²) in [6, 6.07) is 5.75. The highest BCUT2D eigenvalue weighted by atomic mass is 19.4. The molecule has 0 bridgehead atoms. The van der Waals surface area contributed by atoms with Gasteiger partial charge in [0, 0.05) is 11.1 Å². The fourth-order valence-corrected chi connectivity index (χ4v) is 3.18. The van der Waals surface area contributed by atoms with Crippen LogP contribution in [0.4, 0.5) is 30.5 Å². The number of ether oxygens (including phenoxy) is 2. The van der Waals surface area contributed by atoms with Crippen LogP contribution in [0.3, 0.4) is 0 Å². The van der Waals surface area contributed by atoms with Crippen LogP contribution in [0.2, 0.25) is 0 Å². The number of hydrogen-bond donors (Lipinski definition) is 4. The SMILES string of the molecule is COc1ccc(C2N=C(NC#N)Nc3nc(N)c(C#N)c(N)c32)cc1COCC(F)(F)F. The van der Waals surface area contributed by atoms with E-state index in [1.54, 1.807) is 24.4 Å². The average Bonchev–Trinajstić information content (AvgIpc) is 2.72. The minimum Gasteiger partial charge on any atom is -0.496 e. The van der Waals surface area contributed by atoms with Crippen molar-refractivity contribution in [3.05, 3.63) is 40.5 Å². The molecule has 0 aliphatic carbocycles. The molecule has 3 rings (SSSR count). The molecule has 0 radical (unpaired) electrons. The van der Waals surface area contributed by atoms with Gasteiger partial charge < -0.3 is 26.3 Å². The number of guanidine groups is 1. The van der Waals surface area contributed by atoms with Gasteiger partial charge in [0.2, 0.25) is 5.96 Å². The number of alkyl halides is 3. The third kappa shape index (κ3) is 4.58. The quantitative estimate of drug-likeness (QED) is 0.397. The predicted octanol–water partition coefficient (Wildman–Crippen LogP) is 2.15. The molecule has 13 heteroatoms. The molecular formula is C19H17F3N8O2. The van der Waals surface area contributed by atoms with Crippen LogP contribution in [-0.4, -0.2) is 30.8 Å². The third-order valence-electron chi connectivity index (χ3n) is 4.50. The number of rotatable bonds is 5. The average molecular weight is 446 g/mol. The molecule has 1 aliphatic rings. The van der Waals surface area contributed by atoms with Gasteiger partial charge in [-0.3, -0.25) is 5.32 Å². The monoisotopic (exact) mass is 446 g/mol. The summed E-state index contributed by atoms with van der Waals surface area (Å²) in [5.74, 6) is 0.434. The first-order valence-corrected chi connectivity index (χ1v) is 8.98. The van der Waals surface area contributed by atoms with Gasteiger partial charge in [-0.2, -0.15) is 23.7 Å². The van der Waals surface area contributed by atoms with Gasteiger partial charge in [0.05, 0.1) is 19.4 Å². The second kappa shape index (κ2) is 8.87. The second-order valence-corrected chi connectivity index (χ2v) is 6.58. The molecule has 32 heavy (non-hydrogen) atoms. The number of anilines is 3. The number of nitrogens with zero attached hydrogens (tertiary/aromatic N) is 4. The van der Waals surface area contributed by atoms with E-state index in [1.807, 2.05) is 6.07 Å². The zero-order valence-electron chi connectivity index (χ0n) is 16.6. The van der Waals surface area contributed by atoms with Crippen molar-refractivity contribution in [2.24, 2.45) is 4.99 Å². The van der Waals surface area contributed by atoms with Gasteiger partial charge in [-0.1, -0.05) is 6.07 Å². The number of benzene rings is 1. The fourth-order valence-electron chi connectivity index (χ4n) is 3.18. The van der Waals surface area contributed by atoms with Crippen LogP contribution in [0.5, 0.6) is 5.75 Å². The molecule has 1 unspecified atom stereocenters. The lowest BCUT2D eigenvalue weighted by molar-refractivity contribution is -0.176. The molecule has 0 amide bonds. The van der Waals surface area contributed by atoms with Gasteiger partial charge in [-0.15, -0.1) is 0 Å². The van der Waals surface area contributed by atoms with E-state index in [-0.39, 0.29) is 35.5 Å². The highest BCUT2D eigenvalue weighted by molar-refractivity contribution is 5.98. The summed E-state index contributed by atoms with van der Waals surface area (Å²) in [6.07, 6.45) is -2.75. The number of pyridine rings is 1. The van der Waals surface area contributed by atoms with E-state index in [2.05, 4.69) is 20.6 Å². The first kappa shape index (κ1) is 22.5. The lowest BCUT2D eigenvalue weighted by Gasteiger charge is -2.26. The first-order valence-electron chi connectivity index (χ1n) is 8.98. The summed E-state index contributed by atoms with van der Waals surface area (Å²) in [6.45, 7) is -1.80. The topological polar surface area (TPSA) is 167 Å². The van der Waals surface area contributed by atoms with Crippen molar-refractivity contribution in [1.29, 1.82) is 10.5 Å². The minimum atomic E-state index is -4.48. The Kier molecular flexibility index (Phi) is 6.22. The molecule has 10 nitrogen and oxygen atoms in total. The number of nitriles is 2. The van der Waals surface area contributed by atoms with E-state index < -0.39 is 18.8 Å². The van der Waals surface area contributed by atoms with Gasteiger partial charge in [-0.25, -0.2) is 9.98 Å². The molecule has 0 fully saturated rings. The van der Waals surface area contributed by atoms with Crippen LogP contribution >= 0.6 is 0 Å². The van der Waals surface area contributed by atoms with Gasteiger partial charge >= 0.3 is 6.18 Å². The number of nitrogen functional groups attached to an aromatic ring is 2. The lowest BCUT2D eigenvalue weighted by atomic mass is 9.94. The molecule has 0 saturated heterocycles. The van der Waals surface area contributed by atoms with Crippen LogP contribution in [0.1, 0.15) is 28.3 Å². The highest BCUT2D eigenvalue weighted by Gasteiger charge is 2.31. The Hall–Kier alpha value is -4.23. The standard InChI is InChI=1S/C19H17F3N8O2/c1-31-12-3-2-9(4-10(12)6-32-7-19(20,21)22)15-13-14(25)11(5-23)16(26)29-17(13)30-18(28-15)27-8-24/h2-4,15H,6-7H2,1H3,(H6,25,26,27,28,29,30). The highest BCUT2D eigenvalue weighted by Crippen LogP contribution is 2.41. The lowest BCUT2D eigenvalue weighted by Crippen LogP contribution is -2.32. The van der Waals surface area contributed by atoms with Crippen LogP contribution in [0.25, 0.3) is 0 Å². The van der Waals surface area contributed by atoms with E-state index in [4.69, 9.17) is 26.2 Å². The molecular weight excluding hydrogens is 429 g/mol. The van der Waals surface area contributed by atoms with E-state index in [0.29, 0.717) is 22.4 Å². The second-order valence-electron chi connectivity index (χ2n) is 6.58. The van der Waals surface area contributed by atoms with E-state index in [0.717, 1.165) is 0 Å². The van der Waals surface area contributed by atoms with Crippen LogP contribution in [0, 0.1) is 22.8 Å². The van der Waals surface area contributed by atoms with Crippen molar-refractivity contribution in [2.45, 2.75) is 18.8 Å². The van der Waals surface area contributed by atoms with Gasteiger partial charge in [-0.05, 0) is 17.7 Å².